The molecular weight excluding hydrogens is 282 g/mol. The lowest BCUT2D eigenvalue weighted by Gasteiger charge is -2.10. The summed E-state index contributed by atoms with van der Waals surface area (Å²) in [6.07, 6.45) is 0. The van der Waals surface area contributed by atoms with Gasteiger partial charge in [-0.15, -0.1) is 22.7 Å². The van der Waals surface area contributed by atoms with Gasteiger partial charge in [-0.2, -0.15) is 0 Å². The molecule has 0 fully saturated rings. The van der Waals surface area contributed by atoms with Crippen molar-refractivity contribution in [3.63, 3.8) is 0 Å². The molecule has 0 aliphatic carbocycles. The molecule has 2 aromatic heterocycles. The normalized spacial score (nSPS) is 12.9. The molecule has 0 spiro atoms. The van der Waals surface area contributed by atoms with Crippen LogP contribution in [0.4, 0.5) is 0 Å². The molecule has 0 bridgehead atoms. The smallest absolute Gasteiger partial charge is 0.0389 e. The molecule has 3 heteroatoms. The quantitative estimate of drug-likeness (QED) is 0.677. The van der Waals surface area contributed by atoms with Gasteiger partial charge < -0.3 is 5.32 Å². The highest BCUT2D eigenvalue weighted by Crippen LogP contribution is 2.30. The molecule has 2 heterocycles. The van der Waals surface area contributed by atoms with Crippen LogP contribution in [0.3, 0.4) is 0 Å². The first kappa shape index (κ1) is 13.8. The van der Waals surface area contributed by atoms with Crippen molar-refractivity contribution in [2.24, 2.45) is 0 Å². The van der Waals surface area contributed by atoms with Crippen LogP contribution in [0.1, 0.15) is 33.2 Å². The molecule has 0 aliphatic heterocycles. The van der Waals surface area contributed by atoms with Gasteiger partial charge in [-0.3, -0.25) is 0 Å². The van der Waals surface area contributed by atoms with Gasteiger partial charge in [0.15, 0.2) is 0 Å². The van der Waals surface area contributed by atoms with Crippen molar-refractivity contribution >= 4 is 32.8 Å². The fraction of sp³-hybridized carbons (Fsp3) is 0.294. The lowest BCUT2D eigenvalue weighted by Crippen LogP contribution is -2.16. The largest absolute Gasteiger partial charge is 0.305 e. The summed E-state index contributed by atoms with van der Waals surface area (Å²) in [5, 5.41) is 4.99. The average Bonchev–Trinajstić information content (AvgIpc) is 3.00. The van der Waals surface area contributed by atoms with Gasteiger partial charge >= 0.3 is 0 Å². The zero-order valence-electron chi connectivity index (χ0n) is 12.1. The minimum atomic E-state index is 0.398. The van der Waals surface area contributed by atoms with Crippen molar-refractivity contribution in [2.75, 3.05) is 0 Å². The number of thiophene rings is 2. The molecule has 0 aliphatic rings. The van der Waals surface area contributed by atoms with E-state index in [1.165, 1.54) is 30.3 Å². The van der Waals surface area contributed by atoms with Gasteiger partial charge in [0.05, 0.1) is 0 Å². The first-order valence-corrected chi connectivity index (χ1v) is 8.54. The number of benzene rings is 1. The summed E-state index contributed by atoms with van der Waals surface area (Å²) in [6, 6.07) is 13.6. The minimum Gasteiger partial charge on any atom is -0.305 e. The molecule has 0 saturated carbocycles. The third-order valence-corrected chi connectivity index (χ3v) is 6.12. The van der Waals surface area contributed by atoms with E-state index < -0.39 is 0 Å². The van der Waals surface area contributed by atoms with Gasteiger partial charge in [0, 0.05) is 31.9 Å². The van der Waals surface area contributed by atoms with Gasteiger partial charge in [-0.05, 0) is 49.9 Å². The monoisotopic (exact) mass is 301 g/mol. The maximum absolute atomic E-state index is 3.64. The number of hydrogen-bond acceptors (Lipinski definition) is 3. The predicted octanol–water partition coefficient (Wildman–Crippen LogP) is 5.43. The first-order valence-electron chi connectivity index (χ1n) is 6.91. The average molecular weight is 301 g/mol. The first-order chi connectivity index (χ1) is 9.63. The van der Waals surface area contributed by atoms with Gasteiger partial charge in [0.25, 0.3) is 0 Å². The molecule has 1 unspecified atom stereocenters. The zero-order valence-corrected chi connectivity index (χ0v) is 13.7. The van der Waals surface area contributed by atoms with E-state index in [9.17, 15) is 0 Å². The van der Waals surface area contributed by atoms with Gasteiger partial charge in [0.1, 0.15) is 0 Å². The molecule has 104 valence electrons. The Morgan fingerprint density at radius 3 is 2.60 bits per heavy atom. The third kappa shape index (κ3) is 2.80. The maximum Gasteiger partial charge on any atom is 0.0389 e. The Kier molecular flexibility index (Phi) is 3.92. The van der Waals surface area contributed by atoms with E-state index in [1.807, 2.05) is 22.7 Å². The van der Waals surface area contributed by atoms with E-state index in [-0.39, 0.29) is 0 Å². The Balaban J connectivity index is 1.70. The highest BCUT2D eigenvalue weighted by molar-refractivity contribution is 7.19. The van der Waals surface area contributed by atoms with Crippen molar-refractivity contribution in [1.29, 1.82) is 0 Å². The van der Waals surface area contributed by atoms with Crippen LogP contribution in [0.2, 0.25) is 0 Å². The summed E-state index contributed by atoms with van der Waals surface area (Å²) < 4.78 is 1.37. The van der Waals surface area contributed by atoms with E-state index >= 15 is 0 Å². The third-order valence-electron chi connectivity index (χ3n) is 3.67. The Morgan fingerprint density at radius 1 is 1.10 bits per heavy atom. The topological polar surface area (TPSA) is 12.0 Å². The summed E-state index contributed by atoms with van der Waals surface area (Å²) >= 11 is 3.79. The molecule has 3 aromatic rings. The van der Waals surface area contributed by atoms with Crippen molar-refractivity contribution in [3.05, 3.63) is 56.6 Å². The SMILES string of the molecule is Cc1cc(CNC(C)c2cc3ccccc3s2)sc1C. The summed E-state index contributed by atoms with van der Waals surface area (Å²) in [5.74, 6) is 0. The van der Waals surface area contributed by atoms with Crippen molar-refractivity contribution in [3.8, 4) is 0 Å². The summed E-state index contributed by atoms with van der Waals surface area (Å²) in [5.41, 5.74) is 1.40. The molecule has 20 heavy (non-hydrogen) atoms. The van der Waals surface area contributed by atoms with Crippen LogP contribution in [0.5, 0.6) is 0 Å². The number of fused-ring (bicyclic) bond motifs is 1. The van der Waals surface area contributed by atoms with E-state index in [4.69, 9.17) is 0 Å². The Bertz CT molecular complexity index is 671. The second-order valence-electron chi connectivity index (χ2n) is 5.24. The molecule has 3 rings (SSSR count). The molecular formula is C17H19NS2. The van der Waals surface area contributed by atoms with E-state index in [1.54, 1.807) is 0 Å². The standard InChI is InChI=1S/C17H19NS2/c1-11-8-15(19-13(11)3)10-18-12(2)17-9-14-6-4-5-7-16(14)20-17/h4-9,12,18H,10H2,1-3H3. The van der Waals surface area contributed by atoms with Crippen LogP contribution < -0.4 is 5.32 Å². The van der Waals surface area contributed by atoms with Crippen LogP contribution in [0.25, 0.3) is 10.1 Å². The van der Waals surface area contributed by atoms with Crippen molar-refractivity contribution < 1.29 is 0 Å². The maximum atomic E-state index is 3.64. The number of aryl methyl sites for hydroxylation is 2. The van der Waals surface area contributed by atoms with Crippen LogP contribution in [-0.2, 0) is 6.54 Å². The highest BCUT2D eigenvalue weighted by Gasteiger charge is 2.10. The Morgan fingerprint density at radius 2 is 1.90 bits per heavy atom. The van der Waals surface area contributed by atoms with E-state index in [2.05, 4.69) is 62.5 Å². The second-order valence-corrected chi connectivity index (χ2v) is 7.70. The van der Waals surface area contributed by atoms with Crippen molar-refractivity contribution in [2.45, 2.75) is 33.4 Å². The van der Waals surface area contributed by atoms with Crippen molar-refractivity contribution in [1.82, 2.24) is 5.32 Å². The molecule has 1 N–H and O–H groups in total. The Labute approximate surface area is 128 Å². The molecule has 1 atom stereocenters. The minimum absolute atomic E-state index is 0.398. The van der Waals surface area contributed by atoms with Crippen LogP contribution >= 0.6 is 22.7 Å². The molecule has 0 saturated heterocycles. The van der Waals surface area contributed by atoms with Gasteiger partial charge in [-0.1, -0.05) is 18.2 Å². The molecule has 0 radical (unpaired) electrons. The predicted molar refractivity (Wildman–Crippen MR) is 90.9 cm³/mol. The number of nitrogens with one attached hydrogen (secondary N) is 1. The lowest BCUT2D eigenvalue weighted by molar-refractivity contribution is 0.587. The number of rotatable bonds is 4. The fourth-order valence-electron chi connectivity index (χ4n) is 2.31. The summed E-state index contributed by atoms with van der Waals surface area (Å²) in [6.45, 7) is 7.58. The zero-order chi connectivity index (χ0) is 14.1. The summed E-state index contributed by atoms with van der Waals surface area (Å²) in [4.78, 5) is 4.26. The van der Waals surface area contributed by atoms with Gasteiger partial charge in [0.2, 0.25) is 0 Å². The van der Waals surface area contributed by atoms with E-state index in [0.29, 0.717) is 6.04 Å². The van der Waals surface area contributed by atoms with Crippen LogP contribution in [0, 0.1) is 13.8 Å². The Hall–Kier alpha value is -1.16. The van der Waals surface area contributed by atoms with Crippen LogP contribution in [-0.4, -0.2) is 0 Å². The fourth-order valence-corrected chi connectivity index (χ4v) is 4.40. The lowest BCUT2D eigenvalue weighted by atomic mass is 10.2. The second kappa shape index (κ2) is 5.68. The molecule has 0 amide bonds. The van der Waals surface area contributed by atoms with E-state index in [0.717, 1.165) is 6.54 Å². The molecule has 1 nitrogen and oxygen atoms in total. The van der Waals surface area contributed by atoms with Gasteiger partial charge in [-0.25, -0.2) is 0 Å². The molecule has 1 aromatic carbocycles. The summed E-state index contributed by atoms with van der Waals surface area (Å²) in [7, 11) is 0. The number of hydrogen-bond donors (Lipinski definition) is 1. The highest BCUT2D eigenvalue weighted by atomic mass is 32.1. The van der Waals surface area contributed by atoms with Crippen LogP contribution in [0.15, 0.2) is 36.4 Å².